The summed E-state index contributed by atoms with van der Waals surface area (Å²) in [6, 6.07) is 0. The van der Waals surface area contributed by atoms with Gasteiger partial charge < -0.3 is 25.4 Å². The number of ether oxygens (including phenoxy) is 2. The van der Waals surface area contributed by atoms with Crippen LogP contribution in [0.25, 0.3) is 6.08 Å². The summed E-state index contributed by atoms with van der Waals surface area (Å²) in [6.07, 6.45) is -2.70. The van der Waals surface area contributed by atoms with Crippen molar-refractivity contribution in [2.45, 2.75) is 24.6 Å². The van der Waals surface area contributed by atoms with Crippen LogP contribution in [0.2, 0.25) is 0 Å². The minimum Gasteiger partial charge on any atom is -0.466 e. The van der Waals surface area contributed by atoms with E-state index >= 15 is 0 Å². The van der Waals surface area contributed by atoms with E-state index in [2.05, 4.69) is 9.72 Å². The lowest BCUT2D eigenvalue weighted by Gasteiger charge is -2.16. The molecule has 0 bridgehead atoms. The molecule has 0 aromatic carbocycles. The molecule has 2 rings (SSSR count). The van der Waals surface area contributed by atoms with Crippen LogP contribution in [0.15, 0.2) is 17.1 Å². The number of esters is 1. The SMILES string of the molecule is COC(=O)C=Cc1cn([C@@H]2O[C@H](CO)C(O)C2F)c(=O)nc1N. The molecule has 1 aliphatic rings. The summed E-state index contributed by atoms with van der Waals surface area (Å²) in [5, 5.41) is 18.6. The number of nitrogens with two attached hydrogens (primary N) is 1. The van der Waals surface area contributed by atoms with Crippen LogP contribution in [0, 0.1) is 0 Å². The number of carbonyl (C=O) groups excluding carboxylic acids is 1. The summed E-state index contributed by atoms with van der Waals surface area (Å²) in [4.78, 5) is 26.5. The van der Waals surface area contributed by atoms with E-state index in [0.29, 0.717) is 0 Å². The summed E-state index contributed by atoms with van der Waals surface area (Å²) in [6.45, 7) is -0.607. The third-order valence-electron chi connectivity index (χ3n) is 3.36. The van der Waals surface area contributed by atoms with Crippen molar-refractivity contribution < 1.29 is 28.9 Å². The number of aromatic nitrogens is 2. The van der Waals surface area contributed by atoms with Crippen molar-refractivity contribution >= 4 is 17.9 Å². The number of anilines is 1. The van der Waals surface area contributed by atoms with Gasteiger partial charge in [-0.3, -0.25) is 4.57 Å². The molecule has 0 amide bonds. The molecule has 2 heterocycles. The highest BCUT2D eigenvalue weighted by Gasteiger charge is 2.45. The predicted octanol–water partition coefficient (Wildman–Crippen LogP) is -1.40. The van der Waals surface area contributed by atoms with Crippen LogP contribution in [0.4, 0.5) is 10.2 Å². The normalized spacial score (nSPS) is 27.5. The Balaban J connectivity index is 2.38. The van der Waals surface area contributed by atoms with Crippen LogP contribution < -0.4 is 11.4 Å². The predicted molar refractivity (Wildman–Crippen MR) is 75.9 cm³/mol. The Hall–Kier alpha value is -2.30. The monoisotopic (exact) mass is 329 g/mol. The number of methoxy groups -OCH3 is 1. The number of carbonyl (C=O) groups is 1. The third-order valence-corrected chi connectivity index (χ3v) is 3.36. The molecule has 4 atom stereocenters. The fourth-order valence-electron chi connectivity index (χ4n) is 2.11. The largest absolute Gasteiger partial charge is 0.466 e. The molecule has 10 heteroatoms. The Morgan fingerprint density at radius 2 is 2.35 bits per heavy atom. The molecule has 1 aliphatic heterocycles. The Morgan fingerprint density at radius 1 is 1.65 bits per heavy atom. The number of hydrogen-bond donors (Lipinski definition) is 3. The number of aliphatic hydroxyl groups is 2. The number of hydrogen-bond acceptors (Lipinski definition) is 8. The first-order valence-electron chi connectivity index (χ1n) is 6.62. The lowest BCUT2D eigenvalue weighted by atomic mass is 10.1. The first kappa shape index (κ1) is 17.1. The van der Waals surface area contributed by atoms with Gasteiger partial charge >= 0.3 is 11.7 Å². The Kier molecular flexibility index (Phi) is 5.08. The number of nitrogens with zero attached hydrogens (tertiary/aromatic N) is 2. The van der Waals surface area contributed by atoms with Gasteiger partial charge in [0.2, 0.25) is 0 Å². The van der Waals surface area contributed by atoms with Crippen molar-refractivity contribution in [1.82, 2.24) is 9.55 Å². The van der Waals surface area contributed by atoms with Crippen molar-refractivity contribution in [3.05, 3.63) is 28.3 Å². The first-order valence-corrected chi connectivity index (χ1v) is 6.62. The molecule has 0 saturated carbocycles. The van der Waals surface area contributed by atoms with Crippen LogP contribution in [0.3, 0.4) is 0 Å². The molecule has 1 saturated heterocycles. The van der Waals surface area contributed by atoms with Gasteiger partial charge in [-0.2, -0.15) is 4.98 Å². The summed E-state index contributed by atoms with van der Waals surface area (Å²) < 4.78 is 24.5. The first-order chi connectivity index (χ1) is 10.9. The van der Waals surface area contributed by atoms with E-state index in [1.54, 1.807) is 0 Å². The van der Waals surface area contributed by atoms with Gasteiger partial charge in [-0.05, 0) is 6.08 Å². The average molecular weight is 329 g/mol. The zero-order chi connectivity index (χ0) is 17.1. The molecular weight excluding hydrogens is 313 g/mol. The van der Waals surface area contributed by atoms with E-state index in [-0.39, 0.29) is 11.4 Å². The lowest BCUT2D eigenvalue weighted by Crippen LogP contribution is -2.34. The summed E-state index contributed by atoms with van der Waals surface area (Å²) in [5.74, 6) is -0.822. The molecule has 1 aromatic rings. The van der Waals surface area contributed by atoms with Crippen LogP contribution >= 0.6 is 0 Å². The number of nitrogen functional groups attached to an aromatic ring is 1. The van der Waals surface area contributed by atoms with Gasteiger partial charge in [0.25, 0.3) is 0 Å². The van der Waals surface area contributed by atoms with Crippen LogP contribution in [0.5, 0.6) is 0 Å². The van der Waals surface area contributed by atoms with E-state index in [1.165, 1.54) is 13.2 Å². The minimum atomic E-state index is -1.94. The second-order valence-electron chi connectivity index (χ2n) is 4.81. The molecule has 0 radical (unpaired) electrons. The van der Waals surface area contributed by atoms with E-state index < -0.39 is 42.9 Å². The van der Waals surface area contributed by atoms with Crippen LogP contribution in [-0.2, 0) is 14.3 Å². The second-order valence-corrected chi connectivity index (χ2v) is 4.81. The van der Waals surface area contributed by atoms with Gasteiger partial charge in [-0.1, -0.05) is 0 Å². The summed E-state index contributed by atoms with van der Waals surface area (Å²) in [7, 11) is 1.19. The Labute approximate surface area is 129 Å². The molecule has 1 aromatic heterocycles. The van der Waals surface area contributed by atoms with Crippen molar-refractivity contribution in [2.24, 2.45) is 0 Å². The molecule has 0 aliphatic carbocycles. The molecular formula is C13H16FN3O6. The highest BCUT2D eigenvalue weighted by atomic mass is 19.1. The highest BCUT2D eigenvalue weighted by Crippen LogP contribution is 2.31. The van der Waals surface area contributed by atoms with Crippen LogP contribution in [0.1, 0.15) is 11.8 Å². The molecule has 0 spiro atoms. The van der Waals surface area contributed by atoms with E-state index in [0.717, 1.165) is 16.8 Å². The van der Waals surface area contributed by atoms with Crippen molar-refractivity contribution in [3.63, 3.8) is 0 Å². The van der Waals surface area contributed by atoms with Gasteiger partial charge in [-0.25, -0.2) is 14.0 Å². The summed E-state index contributed by atoms with van der Waals surface area (Å²) in [5.41, 5.74) is 4.85. The van der Waals surface area contributed by atoms with E-state index in [1.807, 2.05) is 0 Å². The molecule has 1 fully saturated rings. The van der Waals surface area contributed by atoms with Crippen LogP contribution in [-0.4, -0.2) is 57.8 Å². The standard InChI is InChI=1S/C13H16FN3O6/c1-22-8(19)3-2-6-4-17(13(21)16-11(6)15)12-9(14)10(20)7(5-18)23-12/h2-4,7,9-10,12,18,20H,5H2,1H3,(H2,15,16,21)/t7-,9?,10?,12-/m1/s1. The van der Waals surface area contributed by atoms with E-state index in [9.17, 15) is 19.1 Å². The maximum Gasteiger partial charge on any atom is 0.351 e. The summed E-state index contributed by atoms with van der Waals surface area (Å²) >= 11 is 0. The zero-order valence-electron chi connectivity index (χ0n) is 12.1. The second kappa shape index (κ2) is 6.86. The molecule has 4 N–H and O–H groups in total. The number of rotatable bonds is 4. The maximum absolute atomic E-state index is 14.1. The Bertz CT molecular complexity index is 676. The van der Waals surface area contributed by atoms with Crippen molar-refractivity contribution in [3.8, 4) is 0 Å². The fraction of sp³-hybridized carbons (Fsp3) is 0.462. The van der Waals surface area contributed by atoms with Gasteiger partial charge in [0.05, 0.1) is 13.7 Å². The molecule has 126 valence electrons. The molecule has 23 heavy (non-hydrogen) atoms. The van der Waals surface area contributed by atoms with Crippen molar-refractivity contribution in [1.29, 1.82) is 0 Å². The van der Waals surface area contributed by atoms with Gasteiger partial charge in [-0.15, -0.1) is 0 Å². The molecule has 2 unspecified atom stereocenters. The highest BCUT2D eigenvalue weighted by molar-refractivity contribution is 5.87. The maximum atomic E-state index is 14.1. The quantitative estimate of drug-likeness (QED) is 0.453. The Morgan fingerprint density at radius 3 is 2.91 bits per heavy atom. The average Bonchev–Trinajstić information content (AvgIpc) is 2.81. The number of alkyl halides is 1. The number of aliphatic hydroxyl groups excluding tert-OH is 2. The van der Waals surface area contributed by atoms with Gasteiger partial charge in [0.1, 0.15) is 18.0 Å². The lowest BCUT2D eigenvalue weighted by molar-refractivity contribution is -0.134. The minimum absolute atomic E-state index is 0.160. The van der Waals surface area contributed by atoms with Crippen molar-refractivity contribution in [2.75, 3.05) is 19.5 Å². The smallest absolute Gasteiger partial charge is 0.351 e. The number of halogens is 1. The third kappa shape index (κ3) is 3.38. The van der Waals surface area contributed by atoms with E-state index in [4.69, 9.17) is 15.6 Å². The van der Waals surface area contributed by atoms with Gasteiger partial charge in [0.15, 0.2) is 12.4 Å². The zero-order valence-corrected chi connectivity index (χ0v) is 12.1. The fourth-order valence-corrected chi connectivity index (χ4v) is 2.11. The topological polar surface area (TPSA) is 137 Å². The molecule has 9 nitrogen and oxygen atoms in total. The van der Waals surface area contributed by atoms with Gasteiger partial charge in [0, 0.05) is 17.8 Å².